The molecule has 0 bridgehead atoms. The van der Waals surface area contributed by atoms with Crippen LogP contribution in [0.3, 0.4) is 0 Å². The second kappa shape index (κ2) is 5.09. The van der Waals surface area contributed by atoms with Crippen LogP contribution in [0.1, 0.15) is 28.9 Å². The summed E-state index contributed by atoms with van der Waals surface area (Å²) in [5, 5.41) is 0.345. The third-order valence-corrected chi connectivity index (χ3v) is 2.25. The van der Waals surface area contributed by atoms with Crippen molar-refractivity contribution in [1.29, 1.82) is 0 Å². The van der Waals surface area contributed by atoms with Crippen LogP contribution in [0.15, 0.2) is 12.1 Å². The highest BCUT2D eigenvalue weighted by atomic mass is 35.5. The Balaban J connectivity index is 3.12. The maximum absolute atomic E-state index is 11.1. The van der Waals surface area contributed by atoms with E-state index >= 15 is 0 Å². The molecular formula is C10H13ClN2O2. The number of carbonyl (C=O) groups is 1. The van der Waals surface area contributed by atoms with Gasteiger partial charge in [-0.3, -0.25) is 4.79 Å². The van der Waals surface area contributed by atoms with E-state index in [1.54, 1.807) is 19.2 Å². The van der Waals surface area contributed by atoms with Crippen molar-refractivity contribution >= 4 is 17.5 Å². The molecule has 0 radical (unpaired) electrons. The molecule has 1 atom stereocenters. The summed E-state index contributed by atoms with van der Waals surface area (Å²) in [6.45, 7) is 2.36. The molecule has 0 saturated heterocycles. The summed E-state index contributed by atoms with van der Waals surface area (Å²) >= 11 is 5.76. The smallest absolute Gasteiger partial charge is 0.250 e. The van der Waals surface area contributed by atoms with Gasteiger partial charge in [0.25, 0.3) is 5.91 Å². The largest absolute Gasteiger partial charge is 0.384 e. The molecule has 1 aromatic heterocycles. The predicted octanol–water partition coefficient (Wildman–Crippen LogP) is 1.58. The molecule has 0 unspecified atom stereocenters. The van der Waals surface area contributed by atoms with Crippen LogP contribution in [0.2, 0.25) is 5.15 Å². The van der Waals surface area contributed by atoms with E-state index in [-0.39, 0.29) is 5.92 Å². The zero-order valence-corrected chi connectivity index (χ0v) is 9.41. The van der Waals surface area contributed by atoms with Crippen molar-refractivity contribution < 1.29 is 9.53 Å². The summed E-state index contributed by atoms with van der Waals surface area (Å²) in [5.74, 6) is -0.520. The van der Waals surface area contributed by atoms with E-state index in [0.29, 0.717) is 23.0 Å². The fourth-order valence-corrected chi connectivity index (χ4v) is 1.52. The fourth-order valence-electron chi connectivity index (χ4n) is 1.36. The van der Waals surface area contributed by atoms with E-state index < -0.39 is 5.91 Å². The summed E-state index contributed by atoms with van der Waals surface area (Å²) in [4.78, 5) is 15.2. The van der Waals surface area contributed by atoms with Gasteiger partial charge in [-0.1, -0.05) is 18.5 Å². The third kappa shape index (κ3) is 2.91. The second-order valence-corrected chi connectivity index (χ2v) is 3.67. The van der Waals surface area contributed by atoms with E-state index in [1.807, 2.05) is 6.92 Å². The van der Waals surface area contributed by atoms with Crippen LogP contribution < -0.4 is 5.73 Å². The van der Waals surface area contributed by atoms with Crippen LogP contribution >= 0.6 is 11.6 Å². The molecule has 4 nitrogen and oxygen atoms in total. The Morgan fingerprint density at radius 3 is 2.87 bits per heavy atom. The van der Waals surface area contributed by atoms with Crippen molar-refractivity contribution in [3.05, 3.63) is 28.5 Å². The van der Waals surface area contributed by atoms with Gasteiger partial charge in [0.15, 0.2) is 0 Å². The monoisotopic (exact) mass is 228 g/mol. The molecule has 0 saturated carbocycles. The van der Waals surface area contributed by atoms with Gasteiger partial charge in [0.2, 0.25) is 0 Å². The standard InChI is InChI=1S/C10H13ClN2O2/c1-6(5-15-2)9-7(10(12)14)3-4-8(11)13-9/h3-4,6H,5H2,1-2H3,(H2,12,14)/t6-/m1/s1. The molecule has 1 amide bonds. The number of methoxy groups -OCH3 is 1. The number of ether oxygens (including phenoxy) is 1. The number of primary amides is 1. The van der Waals surface area contributed by atoms with E-state index in [9.17, 15) is 4.79 Å². The number of rotatable bonds is 4. The first-order valence-electron chi connectivity index (χ1n) is 4.51. The summed E-state index contributed by atoms with van der Waals surface area (Å²) in [7, 11) is 1.59. The van der Waals surface area contributed by atoms with Crippen molar-refractivity contribution in [1.82, 2.24) is 4.98 Å². The van der Waals surface area contributed by atoms with Gasteiger partial charge in [0.1, 0.15) is 5.15 Å². The maximum atomic E-state index is 11.1. The first-order valence-corrected chi connectivity index (χ1v) is 4.89. The maximum Gasteiger partial charge on any atom is 0.250 e. The van der Waals surface area contributed by atoms with Crippen molar-refractivity contribution in [3.63, 3.8) is 0 Å². The average Bonchev–Trinajstić information content (AvgIpc) is 2.17. The Bertz CT molecular complexity index is 368. The lowest BCUT2D eigenvalue weighted by Gasteiger charge is -2.12. The second-order valence-electron chi connectivity index (χ2n) is 3.29. The van der Waals surface area contributed by atoms with Gasteiger partial charge in [0.05, 0.1) is 17.9 Å². The lowest BCUT2D eigenvalue weighted by atomic mass is 10.0. The van der Waals surface area contributed by atoms with Crippen LogP contribution in [0.4, 0.5) is 0 Å². The van der Waals surface area contributed by atoms with Gasteiger partial charge in [-0.15, -0.1) is 0 Å². The highest BCUT2D eigenvalue weighted by Crippen LogP contribution is 2.20. The van der Waals surface area contributed by atoms with Gasteiger partial charge in [-0.25, -0.2) is 4.98 Å². The Kier molecular flexibility index (Phi) is 4.05. The molecule has 1 rings (SSSR count). The Labute approximate surface area is 93.4 Å². The number of hydrogen-bond acceptors (Lipinski definition) is 3. The molecule has 1 heterocycles. The highest BCUT2D eigenvalue weighted by Gasteiger charge is 2.16. The molecular weight excluding hydrogens is 216 g/mol. The summed E-state index contributed by atoms with van der Waals surface area (Å²) < 4.78 is 5.00. The van der Waals surface area contributed by atoms with Crippen molar-refractivity contribution in [3.8, 4) is 0 Å². The van der Waals surface area contributed by atoms with Crippen molar-refractivity contribution in [2.45, 2.75) is 12.8 Å². The van der Waals surface area contributed by atoms with E-state index in [2.05, 4.69) is 4.98 Å². The van der Waals surface area contributed by atoms with Crippen molar-refractivity contribution in [2.24, 2.45) is 5.73 Å². The predicted molar refractivity (Wildman–Crippen MR) is 58.1 cm³/mol. The summed E-state index contributed by atoms with van der Waals surface area (Å²) in [5.41, 5.74) is 6.21. The first kappa shape index (κ1) is 11.9. The summed E-state index contributed by atoms with van der Waals surface area (Å²) in [6, 6.07) is 3.13. The number of hydrogen-bond donors (Lipinski definition) is 1. The minimum Gasteiger partial charge on any atom is -0.384 e. The van der Waals surface area contributed by atoms with Crippen LogP contribution in [0.25, 0.3) is 0 Å². The summed E-state index contributed by atoms with van der Waals surface area (Å²) in [6.07, 6.45) is 0. The molecule has 0 aliphatic rings. The average molecular weight is 229 g/mol. The zero-order chi connectivity index (χ0) is 11.4. The van der Waals surface area contributed by atoms with Gasteiger partial charge < -0.3 is 10.5 Å². The molecule has 1 aromatic rings. The lowest BCUT2D eigenvalue weighted by molar-refractivity contribution is 0.0997. The van der Waals surface area contributed by atoms with Gasteiger partial charge in [0, 0.05) is 13.0 Å². The third-order valence-electron chi connectivity index (χ3n) is 2.04. The van der Waals surface area contributed by atoms with Gasteiger partial charge in [-0.2, -0.15) is 0 Å². The SMILES string of the molecule is COC[C@@H](C)c1nc(Cl)ccc1C(N)=O. The molecule has 2 N–H and O–H groups in total. The minimum absolute atomic E-state index is 0.0174. The van der Waals surface area contributed by atoms with Crippen LogP contribution in [0.5, 0.6) is 0 Å². The number of halogens is 1. The molecule has 82 valence electrons. The van der Waals surface area contributed by atoms with Gasteiger partial charge in [-0.05, 0) is 12.1 Å². The number of nitrogens with zero attached hydrogens (tertiary/aromatic N) is 1. The topological polar surface area (TPSA) is 65.2 Å². The Morgan fingerprint density at radius 2 is 2.33 bits per heavy atom. The molecule has 5 heteroatoms. The molecule has 0 fully saturated rings. The van der Waals surface area contributed by atoms with Crippen molar-refractivity contribution in [2.75, 3.05) is 13.7 Å². The van der Waals surface area contributed by atoms with Crippen LogP contribution in [0, 0.1) is 0 Å². The van der Waals surface area contributed by atoms with E-state index in [1.165, 1.54) is 0 Å². The zero-order valence-electron chi connectivity index (χ0n) is 8.66. The van der Waals surface area contributed by atoms with E-state index in [4.69, 9.17) is 22.1 Å². The fraction of sp³-hybridized carbons (Fsp3) is 0.400. The first-order chi connectivity index (χ1) is 7.06. The molecule has 0 aliphatic carbocycles. The number of carbonyl (C=O) groups excluding carboxylic acids is 1. The highest BCUT2D eigenvalue weighted by molar-refractivity contribution is 6.29. The normalized spacial score (nSPS) is 12.5. The number of pyridine rings is 1. The molecule has 0 spiro atoms. The molecule has 0 aromatic carbocycles. The number of nitrogens with two attached hydrogens (primary N) is 1. The Hall–Kier alpha value is -1.13. The minimum atomic E-state index is -0.503. The molecule has 0 aliphatic heterocycles. The number of amides is 1. The Morgan fingerprint density at radius 1 is 1.67 bits per heavy atom. The van der Waals surface area contributed by atoms with Crippen LogP contribution in [-0.2, 0) is 4.74 Å². The lowest BCUT2D eigenvalue weighted by Crippen LogP contribution is -2.17. The van der Waals surface area contributed by atoms with Gasteiger partial charge >= 0.3 is 0 Å². The number of aromatic nitrogens is 1. The van der Waals surface area contributed by atoms with E-state index in [0.717, 1.165) is 0 Å². The van der Waals surface area contributed by atoms with Crippen LogP contribution in [-0.4, -0.2) is 24.6 Å². The molecule has 15 heavy (non-hydrogen) atoms. The quantitative estimate of drug-likeness (QED) is 0.796.